The molecule has 5 atom stereocenters. The average molecular weight is 576 g/mol. The van der Waals surface area contributed by atoms with Gasteiger partial charge in [0, 0.05) is 22.8 Å². The first-order valence-corrected chi connectivity index (χ1v) is 14.7. The third-order valence-corrected chi connectivity index (χ3v) is 8.61. The lowest BCUT2D eigenvalue weighted by molar-refractivity contribution is -0.127. The van der Waals surface area contributed by atoms with Crippen molar-refractivity contribution in [1.29, 1.82) is 0 Å². The fraction of sp³-hybridized carbons (Fsp3) is 0.357. The Hall–Kier alpha value is -2.43. The lowest BCUT2D eigenvalue weighted by Crippen LogP contribution is -2.50. The Bertz CT molecular complexity index is 1190. The lowest BCUT2D eigenvalue weighted by Gasteiger charge is -2.34. The van der Waals surface area contributed by atoms with Gasteiger partial charge in [0.15, 0.2) is 0 Å². The van der Waals surface area contributed by atoms with Gasteiger partial charge in [-0.1, -0.05) is 35.9 Å². The van der Waals surface area contributed by atoms with Crippen LogP contribution in [0.15, 0.2) is 71.7 Å². The Morgan fingerprint density at radius 3 is 2.53 bits per heavy atom. The van der Waals surface area contributed by atoms with E-state index in [4.69, 9.17) is 11.6 Å². The molecule has 3 N–H and O–H groups in total. The summed E-state index contributed by atoms with van der Waals surface area (Å²) in [4.78, 5) is 20.1. The standard InChI is InChI=1S/C28H31ClFN3O3S2/c1-18(34)2-13-24(33-15-17-38-28(33)20-6-8-21(29)9-7-20)26(36)32-23(25(35)27-31-14-16-37-27)12-5-19-3-10-22(30)11-4-19/h3-4,6-11,14-18,23-25,28,34-35H,2,5,12-13H2,1H3,(H,32,36)/t18?,23-,24-,25?,28?/m0/s1. The van der Waals surface area contributed by atoms with Crippen molar-refractivity contribution in [2.45, 2.75) is 62.3 Å². The number of hydrogen-bond acceptors (Lipinski definition) is 7. The van der Waals surface area contributed by atoms with E-state index in [1.807, 2.05) is 40.8 Å². The molecule has 2 heterocycles. The normalized spacial score (nSPS) is 18.2. The number of hydrogen-bond donors (Lipinski definition) is 3. The van der Waals surface area contributed by atoms with Gasteiger partial charge in [-0.25, -0.2) is 9.37 Å². The van der Waals surface area contributed by atoms with Crippen LogP contribution in [0.5, 0.6) is 0 Å². The fourth-order valence-corrected chi connectivity index (χ4v) is 6.25. The molecule has 202 valence electrons. The molecule has 1 aliphatic rings. The zero-order valence-electron chi connectivity index (χ0n) is 20.9. The second-order valence-electron chi connectivity index (χ2n) is 9.31. The maximum Gasteiger partial charge on any atom is 0.243 e. The van der Waals surface area contributed by atoms with Gasteiger partial charge in [-0.15, -0.1) is 23.1 Å². The number of nitrogens with one attached hydrogen (secondary N) is 1. The zero-order valence-corrected chi connectivity index (χ0v) is 23.3. The number of nitrogens with zero attached hydrogens (tertiary/aromatic N) is 2. The number of benzene rings is 2. The Labute approximate surface area is 235 Å². The number of thiazole rings is 1. The summed E-state index contributed by atoms with van der Waals surface area (Å²) in [5.74, 6) is -0.550. The topological polar surface area (TPSA) is 85.7 Å². The predicted molar refractivity (Wildman–Crippen MR) is 151 cm³/mol. The van der Waals surface area contributed by atoms with E-state index in [9.17, 15) is 19.4 Å². The molecule has 1 aromatic heterocycles. The summed E-state index contributed by atoms with van der Waals surface area (Å²) in [6, 6.07) is 12.6. The molecule has 1 amide bonds. The summed E-state index contributed by atoms with van der Waals surface area (Å²) in [6.45, 7) is 1.71. The highest BCUT2D eigenvalue weighted by Gasteiger charge is 2.35. The molecule has 4 rings (SSSR count). The smallest absolute Gasteiger partial charge is 0.243 e. The van der Waals surface area contributed by atoms with Crippen molar-refractivity contribution in [3.05, 3.63) is 98.7 Å². The Morgan fingerprint density at radius 1 is 1.13 bits per heavy atom. The second-order valence-corrected chi connectivity index (χ2v) is 11.7. The van der Waals surface area contributed by atoms with Crippen molar-refractivity contribution >= 4 is 40.6 Å². The van der Waals surface area contributed by atoms with Gasteiger partial charge in [0.25, 0.3) is 0 Å². The molecule has 2 aromatic carbocycles. The largest absolute Gasteiger partial charge is 0.393 e. The van der Waals surface area contributed by atoms with Crippen molar-refractivity contribution in [3.63, 3.8) is 0 Å². The van der Waals surface area contributed by atoms with Crippen molar-refractivity contribution in [3.8, 4) is 0 Å². The van der Waals surface area contributed by atoms with E-state index in [-0.39, 0.29) is 17.1 Å². The van der Waals surface area contributed by atoms with Gasteiger partial charge in [-0.05, 0) is 73.4 Å². The molecular formula is C28H31ClFN3O3S2. The molecule has 0 saturated heterocycles. The van der Waals surface area contributed by atoms with E-state index < -0.39 is 24.3 Å². The van der Waals surface area contributed by atoms with Crippen LogP contribution < -0.4 is 5.32 Å². The van der Waals surface area contributed by atoms with E-state index in [1.165, 1.54) is 23.5 Å². The Morgan fingerprint density at radius 2 is 1.87 bits per heavy atom. The Kier molecular flexibility index (Phi) is 10.2. The van der Waals surface area contributed by atoms with Crippen molar-refractivity contribution in [2.24, 2.45) is 0 Å². The molecule has 3 aromatic rings. The third-order valence-electron chi connectivity index (χ3n) is 6.46. The van der Waals surface area contributed by atoms with E-state index in [2.05, 4.69) is 10.3 Å². The number of rotatable bonds is 12. The highest BCUT2D eigenvalue weighted by Crippen LogP contribution is 2.41. The molecule has 1 aliphatic heterocycles. The van der Waals surface area contributed by atoms with Crippen LogP contribution in [0.25, 0.3) is 0 Å². The third kappa shape index (κ3) is 7.57. The number of halogens is 2. The summed E-state index contributed by atoms with van der Waals surface area (Å²) in [5, 5.41) is 29.0. The van der Waals surface area contributed by atoms with Gasteiger partial charge >= 0.3 is 0 Å². The monoisotopic (exact) mass is 575 g/mol. The minimum absolute atomic E-state index is 0.126. The summed E-state index contributed by atoms with van der Waals surface area (Å²) in [6.07, 6.45) is 3.82. The lowest BCUT2D eigenvalue weighted by atomic mass is 9.99. The average Bonchev–Trinajstić information content (AvgIpc) is 3.61. The molecule has 0 spiro atoms. The molecular weight excluding hydrogens is 545 g/mol. The van der Waals surface area contributed by atoms with Gasteiger partial charge in [0.2, 0.25) is 5.91 Å². The quantitative estimate of drug-likeness (QED) is 0.252. The summed E-state index contributed by atoms with van der Waals surface area (Å²) < 4.78 is 13.4. The zero-order chi connectivity index (χ0) is 27.1. The predicted octanol–water partition coefficient (Wildman–Crippen LogP) is 5.84. The van der Waals surface area contributed by atoms with E-state index in [0.717, 1.165) is 11.1 Å². The van der Waals surface area contributed by atoms with Crippen molar-refractivity contribution in [2.75, 3.05) is 0 Å². The van der Waals surface area contributed by atoms with Crippen molar-refractivity contribution in [1.82, 2.24) is 15.2 Å². The molecule has 38 heavy (non-hydrogen) atoms. The van der Waals surface area contributed by atoms with Crippen LogP contribution in [0.2, 0.25) is 5.02 Å². The first kappa shape index (κ1) is 28.6. The Balaban J connectivity index is 1.55. The SMILES string of the molecule is CC(O)CC[C@@H](C(=O)N[C@@H](CCc1ccc(F)cc1)C(O)c1nccs1)N1C=CSC1c1ccc(Cl)cc1. The molecule has 0 fully saturated rings. The first-order valence-electron chi connectivity index (χ1n) is 12.5. The van der Waals surface area contributed by atoms with Gasteiger partial charge in [-0.2, -0.15) is 0 Å². The number of amides is 1. The molecule has 6 nitrogen and oxygen atoms in total. The molecule has 10 heteroatoms. The van der Waals surface area contributed by atoms with Gasteiger partial charge in [0.1, 0.15) is 28.3 Å². The molecule has 0 saturated carbocycles. The number of aliphatic hydroxyl groups excluding tert-OH is 2. The maximum atomic E-state index is 13.8. The van der Waals surface area contributed by atoms with Gasteiger partial charge < -0.3 is 20.4 Å². The number of aryl methyl sites for hydroxylation is 1. The van der Waals surface area contributed by atoms with Crippen LogP contribution in [0, 0.1) is 5.82 Å². The number of aliphatic hydroxyl groups is 2. The van der Waals surface area contributed by atoms with Crippen LogP contribution >= 0.6 is 34.7 Å². The van der Waals surface area contributed by atoms with Gasteiger partial charge in [-0.3, -0.25) is 4.79 Å². The summed E-state index contributed by atoms with van der Waals surface area (Å²) in [5.41, 5.74) is 1.92. The van der Waals surface area contributed by atoms with Crippen LogP contribution in [0.4, 0.5) is 4.39 Å². The van der Waals surface area contributed by atoms with Crippen LogP contribution in [0.3, 0.4) is 0 Å². The molecule has 0 aliphatic carbocycles. The highest BCUT2D eigenvalue weighted by molar-refractivity contribution is 8.02. The highest BCUT2D eigenvalue weighted by atomic mass is 35.5. The molecule has 0 radical (unpaired) electrons. The fourth-order valence-electron chi connectivity index (χ4n) is 4.40. The second kappa shape index (κ2) is 13.6. The van der Waals surface area contributed by atoms with Crippen LogP contribution in [-0.2, 0) is 11.2 Å². The van der Waals surface area contributed by atoms with Gasteiger partial charge in [0.05, 0.1) is 12.1 Å². The number of aromatic nitrogens is 1. The first-order chi connectivity index (χ1) is 18.3. The summed E-state index contributed by atoms with van der Waals surface area (Å²) >= 11 is 9.01. The van der Waals surface area contributed by atoms with Crippen LogP contribution in [-0.4, -0.2) is 44.2 Å². The molecule has 3 unspecified atom stereocenters. The molecule has 0 bridgehead atoms. The number of carbonyl (C=O) groups excluding carboxylic acids is 1. The minimum Gasteiger partial charge on any atom is -0.393 e. The number of thioether (sulfide) groups is 1. The minimum atomic E-state index is -0.993. The van der Waals surface area contributed by atoms with E-state index in [0.29, 0.717) is 35.7 Å². The maximum absolute atomic E-state index is 13.8. The summed E-state index contributed by atoms with van der Waals surface area (Å²) in [7, 11) is 0. The number of carbonyl (C=O) groups is 1. The van der Waals surface area contributed by atoms with E-state index >= 15 is 0 Å². The van der Waals surface area contributed by atoms with Crippen molar-refractivity contribution < 1.29 is 19.4 Å². The van der Waals surface area contributed by atoms with E-state index in [1.54, 1.807) is 42.4 Å². The van der Waals surface area contributed by atoms with Crippen LogP contribution in [0.1, 0.15) is 53.8 Å².